The van der Waals surface area contributed by atoms with Crippen molar-refractivity contribution >= 4 is 17.4 Å². The molecule has 1 unspecified atom stereocenters. The maximum absolute atomic E-state index is 12.5. The van der Waals surface area contributed by atoms with Gasteiger partial charge in [-0.05, 0) is 30.4 Å². The van der Waals surface area contributed by atoms with E-state index in [1.54, 1.807) is 12.1 Å². The Morgan fingerprint density at radius 1 is 1.32 bits per heavy atom. The van der Waals surface area contributed by atoms with Crippen LogP contribution in [0.3, 0.4) is 0 Å². The number of halogens is 1. The molecule has 1 aliphatic carbocycles. The topological polar surface area (TPSA) is 40.9 Å². The normalized spacial score (nSPS) is 24.5. The summed E-state index contributed by atoms with van der Waals surface area (Å²) in [7, 11) is 0. The number of nitrogens with zero attached hydrogens (tertiary/aromatic N) is 1. The maximum atomic E-state index is 12.5. The second kappa shape index (κ2) is 6.21. The lowest BCUT2D eigenvalue weighted by Crippen LogP contribution is -2.25. The molecule has 0 bridgehead atoms. The predicted octanol–water partition coefficient (Wildman–Crippen LogP) is 4.34. The van der Waals surface area contributed by atoms with Crippen LogP contribution in [0.5, 0.6) is 0 Å². The highest BCUT2D eigenvalue weighted by molar-refractivity contribution is 6.31. The molecule has 1 aromatic rings. The maximum Gasteiger partial charge on any atom is 0.157 e. The lowest BCUT2D eigenvalue weighted by molar-refractivity contribution is -0.124. The minimum atomic E-state index is -0.716. The van der Waals surface area contributed by atoms with E-state index in [4.69, 9.17) is 11.6 Å². The molecular formula is C16H18ClNO. The zero-order chi connectivity index (χ0) is 13.8. The molecule has 1 saturated carbocycles. The van der Waals surface area contributed by atoms with Gasteiger partial charge in [0.15, 0.2) is 5.78 Å². The summed E-state index contributed by atoms with van der Waals surface area (Å²) < 4.78 is 0. The third-order valence-electron chi connectivity index (χ3n) is 4.05. The van der Waals surface area contributed by atoms with Crippen LogP contribution in [0, 0.1) is 23.2 Å². The highest BCUT2D eigenvalue weighted by atomic mass is 35.5. The molecule has 0 aliphatic heterocycles. The van der Waals surface area contributed by atoms with Crippen molar-refractivity contribution in [2.75, 3.05) is 0 Å². The molecule has 1 atom stereocenters. The van der Waals surface area contributed by atoms with E-state index in [1.165, 1.54) is 0 Å². The average molecular weight is 276 g/mol. The molecule has 1 aliphatic rings. The van der Waals surface area contributed by atoms with Crippen LogP contribution < -0.4 is 0 Å². The molecular weight excluding hydrogens is 258 g/mol. The molecule has 0 heterocycles. The molecule has 1 aromatic carbocycles. The van der Waals surface area contributed by atoms with E-state index in [2.05, 4.69) is 13.0 Å². The number of hydrogen-bond donors (Lipinski definition) is 0. The van der Waals surface area contributed by atoms with Crippen molar-refractivity contribution in [1.82, 2.24) is 0 Å². The second-order valence-electron chi connectivity index (χ2n) is 5.44. The standard InChI is InChI=1S/C16H18ClNO/c1-11-6-8-12(9-7-11)16(19)14(10-18)13-4-2-3-5-15(13)17/h2-5,11-12,14H,6-9H2,1H3. The summed E-state index contributed by atoms with van der Waals surface area (Å²) in [5.41, 5.74) is 0.648. The first-order valence-electron chi connectivity index (χ1n) is 6.81. The fraction of sp³-hybridized carbons (Fsp3) is 0.500. The highest BCUT2D eigenvalue weighted by Gasteiger charge is 2.31. The van der Waals surface area contributed by atoms with Crippen molar-refractivity contribution in [1.29, 1.82) is 5.26 Å². The van der Waals surface area contributed by atoms with Gasteiger partial charge in [0.1, 0.15) is 5.92 Å². The quantitative estimate of drug-likeness (QED) is 0.823. The highest BCUT2D eigenvalue weighted by Crippen LogP contribution is 2.34. The van der Waals surface area contributed by atoms with Crippen molar-refractivity contribution in [2.45, 2.75) is 38.5 Å². The van der Waals surface area contributed by atoms with Gasteiger partial charge in [0.2, 0.25) is 0 Å². The van der Waals surface area contributed by atoms with E-state index in [9.17, 15) is 10.1 Å². The Bertz CT molecular complexity index is 498. The van der Waals surface area contributed by atoms with Crippen molar-refractivity contribution in [3.05, 3.63) is 34.9 Å². The van der Waals surface area contributed by atoms with Crippen molar-refractivity contribution in [3.63, 3.8) is 0 Å². The van der Waals surface area contributed by atoms with Crippen LogP contribution in [0.2, 0.25) is 5.02 Å². The fourth-order valence-corrected chi connectivity index (χ4v) is 3.02. The van der Waals surface area contributed by atoms with Gasteiger partial charge in [0, 0.05) is 10.9 Å². The summed E-state index contributed by atoms with van der Waals surface area (Å²) >= 11 is 6.10. The monoisotopic (exact) mass is 275 g/mol. The number of benzene rings is 1. The van der Waals surface area contributed by atoms with E-state index < -0.39 is 5.92 Å². The second-order valence-corrected chi connectivity index (χ2v) is 5.85. The molecule has 0 saturated heterocycles. The minimum Gasteiger partial charge on any atom is -0.298 e. The van der Waals surface area contributed by atoms with Crippen LogP contribution >= 0.6 is 11.6 Å². The molecule has 0 aromatic heterocycles. The molecule has 2 nitrogen and oxygen atoms in total. The summed E-state index contributed by atoms with van der Waals surface area (Å²) in [6.07, 6.45) is 3.97. The van der Waals surface area contributed by atoms with Crippen LogP contribution in [0.15, 0.2) is 24.3 Å². The van der Waals surface area contributed by atoms with Gasteiger partial charge >= 0.3 is 0 Å². The van der Waals surface area contributed by atoms with Crippen LogP contribution in [0.1, 0.15) is 44.1 Å². The Kier molecular flexibility index (Phi) is 4.61. The summed E-state index contributed by atoms with van der Waals surface area (Å²) in [5, 5.41) is 9.83. The van der Waals surface area contributed by atoms with Crippen LogP contribution in [0.25, 0.3) is 0 Å². The molecule has 2 rings (SSSR count). The third kappa shape index (κ3) is 3.16. The zero-order valence-electron chi connectivity index (χ0n) is 11.1. The van der Waals surface area contributed by atoms with E-state index in [-0.39, 0.29) is 11.7 Å². The summed E-state index contributed by atoms with van der Waals surface area (Å²) in [6, 6.07) is 9.28. The molecule has 19 heavy (non-hydrogen) atoms. The van der Waals surface area contributed by atoms with E-state index in [0.717, 1.165) is 25.7 Å². The molecule has 0 amide bonds. The third-order valence-corrected chi connectivity index (χ3v) is 4.39. The van der Waals surface area contributed by atoms with Crippen LogP contribution in [0.4, 0.5) is 0 Å². The van der Waals surface area contributed by atoms with Crippen molar-refractivity contribution in [2.24, 2.45) is 11.8 Å². The lowest BCUT2D eigenvalue weighted by Gasteiger charge is -2.26. The van der Waals surface area contributed by atoms with Gasteiger partial charge < -0.3 is 0 Å². The number of carbonyl (C=O) groups is 1. The van der Waals surface area contributed by atoms with Crippen molar-refractivity contribution < 1.29 is 4.79 Å². The van der Waals surface area contributed by atoms with Crippen molar-refractivity contribution in [3.8, 4) is 6.07 Å². The Morgan fingerprint density at radius 3 is 2.53 bits per heavy atom. The minimum absolute atomic E-state index is 0.0251. The average Bonchev–Trinajstić information content (AvgIpc) is 2.42. The Balaban J connectivity index is 2.17. The molecule has 0 radical (unpaired) electrons. The summed E-state index contributed by atoms with van der Waals surface area (Å²) in [4.78, 5) is 12.5. The molecule has 0 N–H and O–H groups in total. The van der Waals surface area contributed by atoms with Gasteiger partial charge in [0.25, 0.3) is 0 Å². The Labute approximate surface area is 119 Å². The molecule has 1 fully saturated rings. The number of hydrogen-bond acceptors (Lipinski definition) is 2. The number of ketones is 1. The Morgan fingerprint density at radius 2 is 1.95 bits per heavy atom. The van der Waals surface area contributed by atoms with Gasteiger partial charge in [0.05, 0.1) is 6.07 Å². The number of nitriles is 1. The van der Waals surface area contributed by atoms with Gasteiger partial charge in [-0.15, -0.1) is 0 Å². The van der Waals surface area contributed by atoms with Gasteiger partial charge in [-0.2, -0.15) is 5.26 Å². The predicted molar refractivity (Wildman–Crippen MR) is 75.9 cm³/mol. The summed E-state index contributed by atoms with van der Waals surface area (Å²) in [6.45, 7) is 2.22. The SMILES string of the molecule is CC1CCC(C(=O)C(C#N)c2ccccc2Cl)CC1. The summed E-state index contributed by atoms with van der Waals surface area (Å²) in [5.74, 6) is 0.0524. The molecule has 100 valence electrons. The Hall–Kier alpha value is -1.33. The number of carbonyl (C=O) groups excluding carboxylic acids is 1. The van der Waals surface area contributed by atoms with Gasteiger partial charge in [-0.3, -0.25) is 4.79 Å². The smallest absolute Gasteiger partial charge is 0.157 e. The van der Waals surface area contributed by atoms with Crippen LogP contribution in [-0.4, -0.2) is 5.78 Å². The molecule has 0 spiro atoms. The van der Waals surface area contributed by atoms with E-state index in [1.807, 2.05) is 12.1 Å². The van der Waals surface area contributed by atoms with Crippen LogP contribution in [-0.2, 0) is 4.79 Å². The largest absolute Gasteiger partial charge is 0.298 e. The number of rotatable bonds is 3. The zero-order valence-corrected chi connectivity index (χ0v) is 11.9. The van der Waals surface area contributed by atoms with E-state index >= 15 is 0 Å². The number of Topliss-reactive ketones (excluding diaryl/α,β-unsaturated/α-hetero) is 1. The molecule has 3 heteroatoms. The first-order chi connectivity index (χ1) is 9.13. The first-order valence-corrected chi connectivity index (χ1v) is 7.19. The van der Waals surface area contributed by atoms with E-state index in [0.29, 0.717) is 16.5 Å². The first kappa shape index (κ1) is 14.1. The lowest BCUT2D eigenvalue weighted by atomic mass is 9.77. The van der Waals surface area contributed by atoms with Gasteiger partial charge in [-0.25, -0.2) is 0 Å². The van der Waals surface area contributed by atoms with Gasteiger partial charge in [-0.1, -0.05) is 49.6 Å². The fourth-order valence-electron chi connectivity index (χ4n) is 2.78.